The summed E-state index contributed by atoms with van der Waals surface area (Å²) in [5.41, 5.74) is 6.99. The lowest BCUT2D eigenvalue weighted by Gasteiger charge is -2.15. The summed E-state index contributed by atoms with van der Waals surface area (Å²) in [5, 5.41) is 0.545. The highest BCUT2D eigenvalue weighted by molar-refractivity contribution is 6.30. The Morgan fingerprint density at radius 2 is 1.88 bits per heavy atom. The first-order valence-electron chi connectivity index (χ1n) is 4.95. The average molecular weight is 239 g/mol. The maximum atomic E-state index is 11.4. The van der Waals surface area contributed by atoms with Gasteiger partial charge in [0.05, 0.1) is 6.54 Å². The van der Waals surface area contributed by atoms with Crippen LogP contribution in [0.5, 0.6) is 0 Å². The fourth-order valence-corrected chi connectivity index (χ4v) is 1.88. The van der Waals surface area contributed by atoms with Crippen LogP contribution < -0.4 is 5.73 Å². The Morgan fingerprint density at radius 1 is 1.25 bits per heavy atom. The Morgan fingerprint density at radius 3 is 2.50 bits per heavy atom. The highest BCUT2D eigenvalue weighted by atomic mass is 35.5. The minimum absolute atomic E-state index is 0.149. The number of imide groups is 1. The topological polar surface area (TPSA) is 63.4 Å². The Labute approximate surface area is 98.0 Å². The summed E-state index contributed by atoms with van der Waals surface area (Å²) in [7, 11) is 0. The molecule has 1 saturated heterocycles. The van der Waals surface area contributed by atoms with Crippen LogP contribution in [-0.2, 0) is 16.1 Å². The predicted molar refractivity (Wildman–Crippen MR) is 60.7 cm³/mol. The Bertz CT molecular complexity index is 443. The molecule has 0 saturated carbocycles. The van der Waals surface area contributed by atoms with Crippen molar-refractivity contribution < 1.29 is 9.59 Å². The van der Waals surface area contributed by atoms with Gasteiger partial charge in [0.15, 0.2) is 0 Å². The maximum absolute atomic E-state index is 11.4. The molecule has 2 rings (SSSR count). The number of likely N-dealkylation sites (tertiary alicyclic amines) is 1. The van der Waals surface area contributed by atoms with Gasteiger partial charge in [0.1, 0.15) is 0 Å². The van der Waals surface area contributed by atoms with Crippen LogP contribution in [0.3, 0.4) is 0 Å². The van der Waals surface area contributed by atoms with Crippen molar-refractivity contribution in [3.05, 3.63) is 28.8 Å². The zero-order chi connectivity index (χ0) is 11.7. The molecule has 0 atom stereocenters. The van der Waals surface area contributed by atoms with Gasteiger partial charge >= 0.3 is 0 Å². The summed E-state index contributed by atoms with van der Waals surface area (Å²) in [6.45, 7) is 0.212. The molecular weight excluding hydrogens is 228 g/mol. The molecule has 16 heavy (non-hydrogen) atoms. The number of hydrogen-bond donors (Lipinski definition) is 1. The standard InChI is InChI=1S/C11H11ClN2O2/c12-8-1-2-9(13)7(5-8)6-14-10(15)3-4-11(14)16/h1-2,5H,3-4,6,13H2. The van der Waals surface area contributed by atoms with Crippen LogP contribution in [0.4, 0.5) is 5.69 Å². The van der Waals surface area contributed by atoms with Crippen molar-refractivity contribution in [1.82, 2.24) is 4.90 Å². The van der Waals surface area contributed by atoms with Gasteiger partial charge in [0.2, 0.25) is 11.8 Å². The first kappa shape index (κ1) is 11.0. The van der Waals surface area contributed by atoms with Gasteiger partial charge in [-0.15, -0.1) is 0 Å². The van der Waals surface area contributed by atoms with E-state index in [1.807, 2.05) is 0 Å². The van der Waals surface area contributed by atoms with Crippen LogP contribution in [0, 0.1) is 0 Å². The number of rotatable bonds is 2. The van der Waals surface area contributed by atoms with Crippen molar-refractivity contribution >= 4 is 29.1 Å². The SMILES string of the molecule is Nc1ccc(Cl)cc1CN1C(=O)CCC1=O. The fraction of sp³-hybridized carbons (Fsp3) is 0.273. The Hall–Kier alpha value is -1.55. The second-order valence-corrected chi connectivity index (χ2v) is 4.15. The molecule has 1 fully saturated rings. The Kier molecular flexibility index (Phi) is 2.83. The number of carbonyl (C=O) groups is 2. The number of amides is 2. The molecule has 2 amide bonds. The summed E-state index contributed by atoms with van der Waals surface area (Å²) in [5.74, 6) is -0.297. The van der Waals surface area contributed by atoms with Gasteiger partial charge in [-0.25, -0.2) is 0 Å². The monoisotopic (exact) mass is 238 g/mol. The van der Waals surface area contributed by atoms with Crippen molar-refractivity contribution in [2.45, 2.75) is 19.4 Å². The number of anilines is 1. The van der Waals surface area contributed by atoms with Gasteiger partial charge in [0, 0.05) is 23.6 Å². The normalized spacial score (nSPS) is 15.9. The number of nitrogens with zero attached hydrogens (tertiary/aromatic N) is 1. The highest BCUT2D eigenvalue weighted by Gasteiger charge is 2.29. The molecule has 0 spiro atoms. The number of hydrogen-bond acceptors (Lipinski definition) is 3. The van der Waals surface area contributed by atoms with Gasteiger partial charge in [-0.1, -0.05) is 11.6 Å². The lowest BCUT2D eigenvalue weighted by atomic mass is 10.1. The van der Waals surface area contributed by atoms with E-state index in [9.17, 15) is 9.59 Å². The predicted octanol–water partition coefficient (Wildman–Crippen LogP) is 1.57. The van der Waals surface area contributed by atoms with Gasteiger partial charge in [0.25, 0.3) is 0 Å². The molecule has 1 aromatic carbocycles. The van der Waals surface area contributed by atoms with Gasteiger partial charge in [-0.05, 0) is 23.8 Å². The van der Waals surface area contributed by atoms with E-state index < -0.39 is 0 Å². The number of halogens is 1. The van der Waals surface area contributed by atoms with Crippen molar-refractivity contribution in [2.75, 3.05) is 5.73 Å². The second kappa shape index (κ2) is 4.14. The zero-order valence-electron chi connectivity index (χ0n) is 8.57. The van der Waals surface area contributed by atoms with E-state index in [0.717, 1.165) is 0 Å². The number of nitrogen functional groups attached to an aromatic ring is 1. The van der Waals surface area contributed by atoms with Gasteiger partial charge < -0.3 is 5.73 Å². The minimum atomic E-state index is -0.149. The van der Waals surface area contributed by atoms with Crippen LogP contribution in [0.1, 0.15) is 18.4 Å². The second-order valence-electron chi connectivity index (χ2n) is 3.72. The molecular formula is C11H11ClN2O2. The van der Waals surface area contributed by atoms with Gasteiger partial charge in [-0.2, -0.15) is 0 Å². The molecule has 0 aromatic heterocycles. The molecule has 1 aromatic rings. The average Bonchev–Trinajstić information content (AvgIpc) is 2.55. The molecule has 5 heteroatoms. The van der Waals surface area contributed by atoms with Crippen LogP contribution >= 0.6 is 11.6 Å². The van der Waals surface area contributed by atoms with Crippen molar-refractivity contribution in [1.29, 1.82) is 0 Å². The Balaban J connectivity index is 2.23. The number of nitrogens with two attached hydrogens (primary N) is 1. The van der Waals surface area contributed by atoms with Crippen molar-refractivity contribution in [3.8, 4) is 0 Å². The van der Waals surface area contributed by atoms with Crippen LogP contribution in [-0.4, -0.2) is 16.7 Å². The summed E-state index contributed by atoms with van der Waals surface area (Å²) in [4.78, 5) is 24.1. The summed E-state index contributed by atoms with van der Waals surface area (Å²) in [6, 6.07) is 5.02. The largest absolute Gasteiger partial charge is 0.398 e. The molecule has 0 bridgehead atoms. The fourth-order valence-electron chi connectivity index (χ4n) is 1.68. The summed E-state index contributed by atoms with van der Waals surface area (Å²) < 4.78 is 0. The first-order valence-corrected chi connectivity index (χ1v) is 5.33. The van der Waals surface area contributed by atoms with E-state index in [1.54, 1.807) is 18.2 Å². The minimum Gasteiger partial charge on any atom is -0.398 e. The van der Waals surface area contributed by atoms with Crippen molar-refractivity contribution in [3.63, 3.8) is 0 Å². The molecule has 0 radical (unpaired) electrons. The lowest BCUT2D eigenvalue weighted by Crippen LogP contribution is -2.28. The van der Waals surface area contributed by atoms with Crippen LogP contribution in [0.15, 0.2) is 18.2 Å². The number of benzene rings is 1. The third-order valence-corrected chi connectivity index (χ3v) is 2.82. The first-order chi connectivity index (χ1) is 7.58. The molecule has 84 valence electrons. The molecule has 4 nitrogen and oxygen atoms in total. The van der Waals surface area contributed by atoms with E-state index in [1.165, 1.54) is 4.90 Å². The van der Waals surface area contributed by atoms with Gasteiger partial charge in [-0.3, -0.25) is 14.5 Å². The zero-order valence-corrected chi connectivity index (χ0v) is 9.33. The highest BCUT2D eigenvalue weighted by Crippen LogP contribution is 2.22. The van der Waals surface area contributed by atoms with E-state index in [0.29, 0.717) is 29.1 Å². The van der Waals surface area contributed by atoms with E-state index in [4.69, 9.17) is 17.3 Å². The molecule has 1 aliphatic heterocycles. The van der Waals surface area contributed by atoms with Crippen LogP contribution in [0.2, 0.25) is 5.02 Å². The summed E-state index contributed by atoms with van der Waals surface area (Å²) in [6.07, 6.45) is 0.582. The quantitative estimate of drug-likeness (QED) is 0.628. The maximum Gasteiger partial charge on any atom is 0.229 e. The third kappa shape index (κ3) is 2.02. The van der Waals surface area contributed by atoms with E-state index in [2.05, 4.69) is 0 Å². The third-order valence-electron chi connectivity index (χ3n) is 2.59. The molecule has 0 aliphatic carbocycles. The van der Waals surface area contributed by atoms with Crippen LogP contribution in [0.25, 0.3) is 0 Å². The molecule has 1 heterocycles. The van der Waals surface area contributed by atoms with E-state index in [-0.39, 0.29) is 18.4 Å². The molecule has 1 aliphatic rings. The van der Waals surface area contributed by atoms with Crippen molar-refractivity contribution in [2.24, 2.45) is 0 Å². The number of carbonyl (C=O) groups excluding carboxylic acids is 2. The summed E-state index contributed by atoms with van der Waals surface area (Å²) >= 11 is 5.83. The lowest BCUT2D eigenvalue weighted by molar-refractivity contribution is -0.139. The smallest absolute Gasteiger partial charge is 0.229 e. The molecule has 0 unspecified atom stereocenters. The van der Waals surface area contributed by atoms with E-state index >= 15 is 0 Å². The molecule has 2 N–H and O–H groups in total.